The first-order valence-corrected chi connectivity index (χ1v) is 4.96. The molecule has 0 bridgehead atoms. The lowest BCUT2D eigenvalue weighted by Gasteiger charge is -2.14. The molecule has 1 aliphatic heterocycles. The number of rotatable bonds is 2. The van der Waals surface area contributed by atoms with Crippen molar-refractivity contribution >= 4 is 12.4 Å². The largest absolute Gasteiger partial charge is 0.326 e. The second-order valence-electron chi connectivity index (χ2n) is 3.91. The van der Waals surface area contributed by atoms with Crippen molar-refractivity contribution in [2.75, 3.05) is 13.1 Å². The quantitative estimate of drug-likeness (QED) is 0.839. The van der Waals surface area contributed by atoms with Gasteiger partial charge in [-0.3, -0.25) is 4.90 Å². The van der Waals surface area contributed by atoms with Gasteiger partial charge in [0.2, 0.25) is 0 Å². The molecule has 1 unspecified atom stereocenters. The maximum Gasteiger partial charge on any atom is 0.123 e. The molecule has 15 heavy (non-hydrogen) atoms. The second-order valence-corrected chi connectivity index (χ2v) is 3.91. The molecule has 84 valence electrons. The van der Waals surface area contributed by atoms with Gasteiger partial charge < -0.3 is 5.73 Å². The minimum Gasteiger partial charge on any atom is -0.326 e. The number of likely N-dealkylation sites (tertiary alicyclic amines) is 1. The Balaban J connectivity index is 0.00000112. The van der Waals surface area contributed by atoms with Gasteiger partial charge >= 0.3 is 0 Å². The van der Waals surface area contributed by atoms with E-state index in [-0.39, 0.29) is 18.2 Å². The average molecular weight is 231 g/mol. The highest BCUT2D eigenvalue weighted by Crippen LogP contribution is 2.12. The third-order valence-electron chi connectivity index (χ3n) is 2.63. The van der Waals surface area contributed by atoms with Crippen LogP contribution in [0.3, 0.4) is 0 Å². The highest BCUT2D eigenvalue weighted by atomic mass is 35.5. The summed E-state index contributed by atoms with van der Waals surface area (Å²) in [7, 11) is 0. The zero-order valence-electron chi connectivity index (χ0n) is 8.53. The number of halogens is 2. The zero-order chi connectivity index (χ0) is 9.97. The summed E-state index contributed by atoms with van der Waals surface area (Å²) in [6.07, 6.45) is 1.07. The number of nitrogens with zero attached hydrogens (tertiary/aromatic N) is 1. The predicted molar refractivity (Wildman–Crippen MR) is 61.5 cm³/mol. The first-order chi connectivity index (χ1) is 6.74. The summed E-state index contributed by atoms with van der Waals surface area (Å²) in [6, 6.07) is 6.99. The second kappa shape index (κ2) is 5.45. The standard InChI is InChI=1S/C11H15FN2.ClH/c12-10-3-1-9(2-4-10)7-14-6-5-11(13)8-14;/h1-4,11H,5-8,13H2;1H. The Morgan fingerprint density at radius 1 is 1.33 bits per heavy atom. The molecule has 0 saturated carbocycles. The smallest absolute Gasteiger partial charge is 0.123 e. The zero-order valence-corrected chi connectivity index (χ0v) is 9.34. The van der Waals surface area contributed by atoms with Crippen molar-refractivity contribution in [1.82, 2.24) is 4.90 Å². The summed E-state index contributed by atoms with van der Waals surface area (Å²) in [5, 5.41) is 0. The van der Waals surface area contributed by atoms with E-state index in [9.17, 15) is 4.39 Å². The SMILES string of the molecule is Cl.NC1CCN(Cc2ccc(F)cc2)C1. The van der Waals surface area contributed by atoms with E-state index in [4.69, 9.17) is 5.73 Å². The van der Waals surface area contributed by atoms with Gasteiger partial charge in [0, 0.05) is 25.7 Å². The molecule has 2 rings (SSSR count). The van der Waals surface area contributed by atoms with Crippen LogP contribution in [0.15, 0.2) is 24.3 Å². The van der Waals surface area contributed by atoms with Crippen LogP contribution in [0, 0.1) is 5.82 Å². The molecule has 0 aromatic heterocycles. The molecule has 1 aromatic rings. The molecular weight excluding hydrogens is 215 g/mol. The number of hydrogen-bond acceptors (Lipinski definition) is 2. The lowest BCUT2D eigenvalue weighted by atomic mass is 10.2. The van der Waals surface area contributed by atoms with E-state index >= 15 is 0 Å². The average Bonchev–Trinajstić information content (AvgIpc) is 2.56. The van der Waals surface area contributed by atoms with E-state index in [0.29, 0.717) is 6.04 Å². The van der Waals surface area contributed by atoms with Crippen LogP contribution in [0.25, 0.3) is 0 Å². The lowest BCUT2D eigenvalue weighted by Crippen LogP contribution is -2.26. The van der Waals surface area contributed by atoms with Crippen molar-refractivity contribution in [2.24, 2.45) is 5.73 Å². The molecule has 0 radical (unpaired) electrons. The molecule has 1 aromatic carbocycles. The molecule has 2 N–H and O–H groups in total. The van der Waals surface area contributed by atoms with Crippen molar-refractivity contribution in [3.8, 4) is 0 Å². The topological polar surface area (TPSA) is 29.3 Å². The van der Waals surface area contributed by atoms with Crippen LogP contribution in [0.5, 0.6) is 0 Å². The fourth-order valence-corrected chi connectivity index (χ4v) is 1.85. The summed E-state index contributed by atoms with van der Waals surface area (Å²) >= 11 is 0. The van der Waals surface area contributed by atoms with E-state index in [1.807, 2.05) is 12.1 Å². The Labute approximate surface area is 95.7 Å². The molecule has 4 heteroatoms. The third-order valence-corrected chi connectivity index (χ3v) is 2.63. The van der Waals surface area contributed by atoms with Crippen LogP contribution in [-0.2, 0) is 6.54 Å². The highest BCUT2D eigenvalue weighted by molar-refractivity contribution is 5.85. The minimum atomic E-state index is -0.174. The Bertz CT molecular complexity index is 302. The molecule has 2 nitrogen and oxygen atoms in total. The molecule has 1 saturated heterocycles. The molecule has 1 fully saturated rings. The minimum absolute atomic E-state index is 0. The van der Waals surface area contributed by atoms with Gasteiger partial charge in [-0.2, -0.15) is 0 Å². The van der Waals surface area contributed by atoms with Crippen molar-refractivity contribution in [3.63, 3.8) is 0 Å². The maximum absolute atomic E-state index is 12.6. The maximum atomic E-state index is 12.6. The van der Waals surface area contributed by atoms with E-state index in [1.165, 1.54) is 12.1 Å². The predicted octanol–water partition coefficient (Wildman–Crippen LogP) is 1.78. The van der Waals surface area contributed by atoms with Crippen molar-refractivity contribution in [3.05, 3.63) is 35.6 Å². The Morgan fingerprint density at radius 3 is 2.53 bits per heavy atom. The summed E-state index contributed by atoms with van der Waals surface area (Å²) in [6.45, 7) is 2.89. The fraction of sp³-hybridized carbons (Fsp3) is 0.455. The first kappa shape index (κ1) is 12.4. The fourth-order valence-electron chi connectivity index (χ4n) is 1.85. The van der Waals surface area contributed by atoms with Gasteiger partial charge in [0.05, 0.1) is 0 Å². The van der Waals surface area contributed by atoms with Crippen molar-refractivity contribution in [1.29, 1.82) is 0 Å². The van der Waals surface area contributed by atoms with Gasteiger partial charge in [0.1, 0.15) is 5.82 Å². The Morgan fingerprint density at radius 2 is 2.00 bits per heavy atom. The summed E-state index contributed by atoms with van der Waals surface area (Å²) < 4.78 is 12.6. The molecule has 0 spiro atoms. The lowest BCUT2D eigenvalue weighted by molar-refractivity contribution is 0.327. The first-order valence-electron chi connectivity index (χ1n) is 4.96. The summed E-state index contributed by atoms with van der Waals surface area (Å²) in [5.74, 6) is -0.174. The molecular formula is C11H16ClFN2. The van der Waals surface area contributed by atoms with Gasteiger partial charge in [-0.25, -0.2) is 4.39 Å². The molecule has 1 atom stereocenters. The normalized spacial score (nSPS) is 21.3. The molecule has 1 heterocycles. The van der Waals surface area contributed by atoms with Crippen LogP contribution in [0.4, 0.5) is 4.39 Å². The number of benzene rings is 1. The molecule has 0 amide bonds. The van der Waals surface area contributed by atoms with Crippen LogP contribution < -0.4 is 5.73 Å². The van der Waals surface area contributed by atoms with Gasteiger partial charge in [0.15, 0.2) is 0 Å². The van der Waals surface area contributed by atoms with Crippen LogP contribution in [0.1, 0.15) is 12.0 Å². The summed E-state index contributed by atoms with van der Waals surface area (Å²) in [5.41, 5.74) is 6.95. The molecule has 1 aliphatic rings. The summed E-state index contributed by atoms with van der Waals surface area (Å²) in [4.78, 5) is 2.30. The number of hydrogen-bond donors (Lipinski definition) is 1. The van der Waals surface area contributed by atoms with Gasteiger partial charge in [-0.1, -0.05) is 12.1 Å². The van der Waals surface area contributed by atoms with Crippen LogP contribution in [0.2, 0.25) is 0 Å². The Hall–Kier alpha value is -0.640. The van der Waals surface area contributed by atoms with Crippen molar-refractivity contribution in [2.45, 2.75) is 19.0 Å². The van der Waals surface area contributed by atoms with Gasteiger partial charge in [0.25, 0.3) is 0 Å². The number of nitrogens with two attached hydrogens (primary N) is 1. The van der Waals surface area contributed by atoms with Crippen molar-refractivity contribution < 1.29 is 4.39 Å². The van der Waals surface area contributed by atoms with Crippen LogP contribution >= 0.6 is 12.4 Å². The van der Waals surface area contributed by atoms with E-state index in [0.717, 1.165) is 31.6 Å². The van der Waals surface area contributed by atoms with Crippen LogP contribution in [-0.4, -0.2) is 24.0 Å². The molecule has 0 aliphatic carbocycles. The van der Waals surface area contributed by atoms with Gasteiger partial charge in [-0.05, 0) is 24.1 Å². The van der Waals surface area contributed by atoms with E-state index in [2.05, 4.69) is 4.90 Å². The van der Waals surface area contributed by atoms with E-state index in [1.54, 1.807) is 0 Å². The van der Waals surface area contributed by atoms with Gasteiger partial charge in [-0.15, -0.1) is 12.4 Å². The highest BCUT2D eigenvalue weighted by Gasteiger charge is 2.18. The van der Waals surface area contributed by atoms with E-state index < -0.39 is 0 Å². The monoisotopic (exact) mass is 230 g/mol. The third kappa shape index (κ3) is 3.45. The Kier molecular flexibility index (Phi) is 4.51.